The molecule has 2 nitrogen and oxygen atoms in total. The smallest absolute Gasteiger partial charge is 0.138 e. The molecule has 0 amide bonds. The predicted octanol–water partition coefficient (Wildman–Crippen LogP) is 2.72. The highest BCUT2D eigenvalue weighted by molar-refractivity contribution is 5.76. The Balaban J connectivity index is 2.39. The van der Waals surface area contributed by atoms with E-state index in [0.29, 0.717) is 5.76 Å². The summed E-state index contributed by atoms with van der Waals surface area (Å²) in [5.41, 5.74) is 1.15. The monoisotopic (exact) mass is 185 g/mol. The van der Waals surface area contributed by atoms with Gasteiger partial charge in [0, 0.05) is 6.20 Å². The first kappa shape index (κ1) is 8.75. The van der Waals surface area contributed by atoms with Gasteiger partial charge in [0.25, 0.3) is 0 Å². The van der Waals surface area contributed by atoms with Crippen LogP contribution in [0.2, 0.25) is 0 Å². The summed E-state index contributed by atoms with van der Waals surface area (Å²) in [6.45, 7) is 3.75. The van der Waals surface area contributed by atoms with E-state index in [1.165, 1.54) is 0 Å². The van der Waals surface area contributed by atoms with Gasteiger partial charge in [-0.15, -0.1) is 0 Å². The van der Waals surface area contributed by atoms with Gasteiger partial charge in [-0.2, -0.15) is 0 Å². The molecule has 0 saturated heterocycles. The van der Waals surface area contributed by atoms with Crippen LogP contribution in [0.1, 0.15) is 5.56 Å². The van der Waals surface area contributed by atoms with Crippen molar-refractivity contribution in [2.75, 3.05) is 0 Å². The lowest BCUT2D eigenvalue weighted by atomic mass is 10.1. The van der Waals surface area contributed by atoms with Crippen LogP contribution in [0.4, 0.5) is 0 Å². The number of hydrogen-bond acceptors (Lipinski definition) is 2. The molecule has 2 heteroatoms. The lowest BCUT2D eigenvalue weighted by molar-refractivity contribution is 0.455. The van der Waals surface area contributed by atoms with Crippen molar-refractivity contribution in [3.05, 3.63) is 54.4 Å². The molecule has 1 aliphatic heterocycles. The first-order chi connectivity index (χ1) is 6.86. The van der Waals surface area contributed by atoms with Crippen LogP contribution in [0.15, 0.2) is 53.9 Å². The molecule has 70 valence electrons. The van der Waals surface area contributed by atoms with Crippen LogP contribution in [-0.2, 0) is 6.42 Å². The summed E-state index contributed by atoms with van der Waals surface area (Å²) in [6.07, 6.45) is 6.20. The Kier molecular flexibility index (Phi) is 2.45. The Morgan fingerprint density at radius 2 is 2.14 bits per heavy atom. The van der Waals surface area contributed by atoms with Crippen molar-refractivity contribution in [2.45, 2.75) is 6.42 Å². The van der Waals surface area contributed by atoms with Gasteiger partial charge in [0.05, 0.1) is 6.21 Å². The number of fused-ring (bicyclic) bond motifs is 1. The fourth-order valence-corrected chi connectivity index (χ4v) is 1.31. The molecular weight excluding hydrogens is 174 g/mol. The quantitative estimate of drug-likeness (QED) is 0.609. The molecule has 1 aromatic rings. The topological polar surface area (TPSA) is 21.6 Å². The van der Waals surface area contributed by atoms with E-state index in [1.807, 2.05) is 30.3 Å². The van der Waals surface area contributed by atoms with E-state index in [-0.39, 0.29) is 0 Å². The minimum Gasteiger partial charge on any atom is -0.456 e. The Morgan fingerprint density at radius 3 is 3.07 bits per heavy atom. The van der Waals surface area contributed by atoms with Crippen LogP contribution < -0.4 is 4.74 Å². The molecule has 0 atom stereocenters. The lowest BCUT2D eigenvalue weighted by Gasteiger charge is -2.07. The number of aliphatic imine (C=N–C) groups is 1. The lowest BCUT2D eigenvalue weighted by Crippen LogP contribution is -1.96. The zero-order chi connectivity index (χ0) is 9.80. The molecule has 0 unspecified atom stereocenters. The van der Waals surface area contributed by atoms with Gasteiger partial charge in [-0.25, -0.2) is 0 Å². The minimum absolute atomic E-state index is 0.559. The van der Waals surface area contributed by atoms with E-state index in [0.717, 1.165) is 17.7 Å². The minimum atomic E-state index is 0.559. The first-order valence-electron chi connectivity index (χ1n) is 4.49. The van der Waals surface area contributed by atoms with Crippen molar-refractivity contribution in [1.29, 1.82) is 0 Å². The van der Waals surface area contributed by atoms with Crippen molar-refractivity contribution >= 4 is 6.21 Å². The molecule has 0 spiro atoms. The van der Waals surface area contributed by atoms with Crippen LogP contribution in [0.25, 0.3) is 0 Å². The van der Waals surface area contributed by atoms with E-state index in [9.17, 15) is 0 Å². The highest BCUT2D eigenvalue weighted by atomic mass is 16.5. The van der Waals surface area contributed by atoms with E-state index in [1.54, 1.807) is 12.4 Å². The second-order valence-corrected chi connectivity index (χ2v) is 3.04. The molecule has 14 heavy (non-hydrogen) atoms. The molecule has 0 saturated carbocycles. The SMILES string of the molecule is C=C1/C=N\C=C/Cc2ccccc2O1. The maximum Gasteiger partial charge on any atom is 0.138 e. The van der Waals surface area contributed by atoms with Crippen molar-refractivity contribution in [3.63, 3.8) is 0 Å². The summed E-state index contributed by atoms with van der Waals surface area (Å²) < 4.78 is 5.53. The Bertz CT molecular complexity index is 405. The molecule has 0 N–H and O–H groups in total. The molecule has 1 heterocycles. The maximum absolute atomic E-state index is 5.53. The zero-order valence-electron chi connectivity index (χ0n) is 7.81. The number of allylic oxidation sites excluding steroid dienone is 2. The first-order valence-corrected chi connectivity index (χ1v) is 4.49. The number of rotatable bonds is 0. The van der Waals surface area contributed by atoms with Gasteiger partial charge in [0.2, 0.25) is 0 Å². The Morgan fingerprint density at radius 1 is 1.29 bits per heavy atom. The molecule has 0 aromatic heterocycles. The van der Waals surface area contributed by atoms with E-state index >= 15 is 0 Å². The molecular formula is C12H11NO. The average Bonchev–Trinajstić information content (AvgIpc) is 2.27. The highest BCUT2D eigenvalue weighted by Crippen LogP contribution is 2.21. The van der Waals surface area contributed by atoms with Crippen LogP contribution >= 0.6 is 0 Å². The summed E-state index contributed by atoms with van der Waals surface area (Å²) in [5, 5.41) is 0. The number of ether oxygens (including phenoxy) is 1. The van der Waals surface area contributed by atoms with E-state index in [4.69, 9.17) is 4.74 Å². The highest BCUT2D eigenvalue weighted by Gasteiger charge is 2.03. The summed E-state index contributed by atoms with van der Waals surface area (Å²) >= 11 is 0. The van der Waals surface area contributed by atoms with Crippen molar-refractivity contribution < 1.29 is 4.74 Å². The van der Waals surface area contributed by atoms with E-state index < -0.39 is 0 Å². The summed E-state index contributed by atoms with van der Waals surface area (Å²) in [6, 6.07) is 7.92. The third-order valence-corrected chi connectivity index (χ3v) is 1.96. The molecule has 1 aromatic carbocycles. The summed E-state index contributed by atoms with van der Waals surface area (Å²) in [4.78, 5) is 4.02. The molecule has 2 rings (SSSR count). The van der Waals surface area contributed by atoms with Crippen LogP contribution in [-0.4, -0.2) is 6.21 Å². The second kappa shape index (κ2) is 3.92. The van der Waals surface area contributed by atoms with Crippen molar-refractivity contribution in [2.24, 2.45) is 4.99 Å². The molecule has 0 bridgehead atoms. The fraction of sp³-hybridized carbons (Fsp3) is 0.0833. The predicted molar refractivity (Wildman–Crippen MR) is 57.5 cm³/mol. The summed E-state index contributed by atoms with van der Waals surface area (Å²) in [5.74, 6) is 1.42. The third-order valence-electron chi connectivity index (χ3n) is 1.96. The molecule has 0 radical (unpaired) electrons. The van der Waals surface area contributed by atoms with Gasteiger partial charge >= 0.3 is 0 Å². The van der Waals surface area contributed by atoms with Crippen LogP contribution in [0, 0.1) is 0 Å². The van der Waals surface area contributed by atoms with Gasteiger partial charge in [-0.3, -0.25) is 4.99 Å². The fourth-order valence-electron chi connectivity index (χ4n) is 1.31. The number of benzene rings is 1. The van der Waals surface area contributed by atoms with Crippen LogP contribution in [0.3, 0.4) is 0 Å². The number of nitrogens with zero attached hydrogens (tertiary/aromatic N) is 1. The second-order valence-electron chi connectivity index (χ2n) is 3.04. The largest absolute Gasteiger partial charge is 0.456 e. The average molecular weight is 185 g/mol. The Hall–Kier alpha value is -1.83. The van der Waals surface area contributed by atoms with Crippen molar-refractivity contribution in [1.82, 2.24) is 0 Å². The van der Waals surface area contributed by atoms with Gasteiger partial charge in [0.15, 0.2) is 0 Å². The van der Waals surface area contributed by atoms with E-state index in [2.05, 4.69) is 11.6 Å². The molecule has 1 aliphatic rings. The van der Waals surface area contributed by atoms with Gasteiger partial charge in [-0.05, 0) is 18.1 Å². The maximum atomic E-state index is 5.53. The number of hydrogen-bond donors (Lipinski definition) is 0. The number of para-hydroxylation sites is 1. The van der Waals surface area contributed by atoms with Gasteiger partial charge in [-0.1, -0.05) is 30.9 Å². The zero-order valence-corrected chi connectivity index (χ0v) is 7.81. The van der Waals surface area contributed by atoms with Crippen LogP contribution in [0.5, 0.6) is 5.75 Å². The van der Waals surface area contributed by atoms with Crippen molar-refractivity contribution in [3.8, 4) is 5.75 Å². The van der Waals surface area contributed by atoms with Gasteiger partial charge in [0.1, 0.15) is 11.5 Å². The Labute approximate surface area is 83.2 Å². The molecule has 0 aliphatic carbocycles. The normalized spacial score (nSPS) is 19.6. The molecule has 0 fully saturated rings. The summed E-state index contributed by atoms with van der Waals surface area (Å²) in [7, 11) is 0. The van der Waals surface area contributed by atoms with Gasteiger partial charge < -0.3 is 4.74 Å². The standard InChI is InChI=1S/C12H11NO/c1-10-9-13-8-4-6-11-5-2-3-7-12(11)14-10/h2-5,7-9H,1,6H2/b8-4-,13-9-. The third kappa shape index (κ3) is 1.91.